The Morgan fingerprint density at radius 1 is 1.08 bits per heavy atom. The van der Waals surface area contributed by atoms with E-state index in [1.54, 1.807) is 0 Å². The quantitative estimate of drug-likeness (QED) is 0.826. The van der Waals surface area contributed by atoms with Crippen molar-refractivity contribution in [1.82, 2.24) is 4.31 Å². The van der Waals surface area contributed by atoms with Crippen molar-refractivity contribution in [3.63, 3.8) is 0 Å². The number of halogens is 3. The molecule has 1 atom stereocenters. The predicted octanol–water partition coefficient (Wildman–Crippen LogP) is 2.62. The maximum atomic E-state index is 13.2. The van der Waals surface area contributed by atoms with Crippen LogP contribution in [0, 0.1) is 0 Å². The smallest absolute Gasteiger partial charge is 0.349 e. The van der Waals surface area contributed by atoms with E-state index >= 15 is 0 Å². The first-order valence-corrected chi connectivity index (χ1v) is 9.17. The molecule has 1 aromatic carbocycles. The summed E-state index contributed by atoms with van der Waals surface area (Å²) in [4.78, 5) is -0.720. The molecular weight excluding hydrogens is 347 g/mol. The van der Waals surface area contributed by atoms with Gasteiger partial charge in [-0.3, -0.25) is 0 Å². The van der Waals surface area contributed by atoms with Gasteiger partial charge in [0.05, 0.1) is 29.7 Å². The highest BCUT2D eigenvalue weighted by Gasteiger charge is 2.44. The van der Waals surface area contributed by atoms with Gasteiger partial charge in [0.25, 0.3) is 0 Å². The van der Waals surface area contributed by atoms with E-state index in [2.05, 4.69) is 0 Å². The van der Waals surface area contributed by atoms with Crippen LogP contribution in [0.3, 0.4) is 0 Å². The van der Waals surface area contributed by atoms with Crippen molar-refractivity contribution in [3.05, 3.63) is 29.8 Å². The van der Waals surface area contributed by atoms with E-state index in [1.807, 2.05) is 0 Å². The van der Waals surface area contributed by atoms with Gasteiger partial charge in [0.2, 0.25) is 10.0 Å². The lowest BCUT2D eigenvalue weighted by atomic mass is 10.0. The highest BCUT2D eigenvalue weighted by molar-refractivity contribution is 7.89. The van der Waals surface area contributed by atoms with E-state index in [0.29, 0.717) is 26.1 Å². The number of ether oxygens (including phenoxy) is 2. The molecule has 2 aliphatic rings. The van der Waals surface area contributed by atoms with E-state index < -0.39 is 39.0 Å². The van der Waals surface area contributed by atoms with Crippen molar-refractivity contribution in [1.29, 1.82) is 0 Å². The summed E-state index contributed by atoms with van der Waals surface area (Å²) in [5, 5.41) is 0. The zero-order chi connectivity index (χ0) is 17.4. The van der Waals surface area contributed by atoms with Crippen LogP contribution in [0.4, 0.5) is 13.2 Å². The second-order valence-corrected chi connectivity index (χ2v) is 7.64. The second-order valence-electron chi connectivity index (χ2n) is 5.78. The fraction of sp³-hybridized carbons (Fsp3) is 0.600. The first kappa shape index (κ1) is 17.7. The lowest BCUT2D eigenvalue weighted by molar-refractivity contribution is -0.140. The van der Waals surface area contributed by atoms with Gasteiger partial charge in [-0.25, -0.2) is 8.42 Å². The number of hydrogen-bond acceptors (Lipinski definition) is 4. The monoisotopic (exact) mass is 365 g/mol. The Kier molecular flexibility index (Phi) is 4.87. The van der Waals surface area contributed by atoms with Crippen LogP contribution in [0.1, 0.15) is 24.8 Å². The van der Waals surface area contributed by atoms with E-state index in [-0.39, 0.29) is 6.54 Å². The van der Waals surface area contributed by atoms with Crippen molar-refractivity contribution in [2.75, 3.05) is 19.8 Å². The SMILES string of the molecule is O=S(=O)(c1ccccc1C(F)(F)F)N1CCCCC1C1OCCO1. The van der Waals surface area contributed by atoms with Gasteiger partial charge in [-0.05, 0) is 25.0 Å². The van der Waals surface area contributed by atoms with Crippen LogP contribution in [0.2, 0.25) is 0 Å². The highest BCUT2D eigenvalue weighted by Crippen LogP contribution is 2.37. The van der Waals surface area contributed by atoms with Crippen LogP contribution in [0.25, 0.3) is 0 Å². The normalized spacial score (nSPS) is 24.4. The van der Waals surface area contributed by atoms with Crippen LogP contribution in [-0.2, 0) is 25.7 Å². The van der Waals surface area contributed by atoms with Crippen molar-refractivity contribution in [2.45, 2.75) is 42.7 Å². The molecule has 2 fully saturated rings. The molecule has 2 heterocycles. The summed E-state index contributed by atoms with van der Waals surface area (Å²) in [6.45, 7) is 0.866. The molecule has 2 saturated heterocycles. The van der Waals surface area contributed by atoms with Gasteiger partial charge >= 0.3 is 6.18 Å². The lowest BCUT2D eigenvalue weighted by Crippen LogP contribution is -2.50. The van der Waals surface area contributed by atoms with Crippen molar-refractivity contribution in [3.8, 4) is 0 Å². The topological polar surface area (TPSA) is 55.8 Å². The molecule has 9 heteroatoms. The number of hydrogen-bond donors (Lipinski definition) is 0. The van der Waals surface area contributed by atoms with Crippen molar-refractivity contribution in [2.24, 2.45) is 0 Å². The molecule has 0 amide bonds. The minimum atomic E-state index is -4.74. The minimum Gasteiger partial charge on any atom is -0.349 e. The van der Waals surface area contributed by atoms with E-state index in [1.165, 1.54) is 12.1 Å². The Bertz CT molecular complexity index is 686. The molecule has 3 rings (SSSR count). The largest absolute Gasteiger partial charge is 0.417 e. The average Bonchev–Trinajstić information content (AvgIpc) is 3.08. The van der Waals surface area contributed by atoms with Gasteiger partial charge in [-0.1, -0.05) is 18.6 Å². The molecule has 1 aromatic rings. The fourth-order valence-electron chi connectivity index (χ4n) is 3.15. The van der Waals surface area contributed by atoms with Crippen LogP contribution in [0.5, 0.6) is 0 Å². The molecule has 0 bridgehead atoms. The lowest BCUT2D eigenvalue weighted by Gasteiger charge is -2.37. The molecule has 2 aliphatic heterocycles. The third kappa shape index (κ3) is 3.30. The predicted molar refractivity (Wildman–Crippen MR) is 78.7 cm³/mol. The molecule has 0 radical (unpaired) electrons. The third-order valence-corrected chi connectivity index (χ3v) is 6.22. The van der Waals surface area contributed by atoms with Crippen molar-refractivity contribution >= 4 is 10.0 Å². The van der Waals surface area contributed by atoms with Gasteiger partial charge in [0.1, 0.15) is 0 Å². The fourth-order valence-corrected chi connectivity index (χ4v) is 5.05. The summed E-state index contributed by atoms with van der Waals surface area (Å²) in [6, 6.07) is 3.66. The summed E-state index contributed by atoms with van der Waals surface area (Å²) in [5.41, 5.74) is -1.15. The molecule has 0 aromatic heterocycles. The Morgan fingerprint density at radius 3 is 2.42 bits per heavy atom. The standard InChI is InChI=1S/C15H18F3NO4S/c16-15(17,18)11-5-1-2-7-13(11)24(20,21)19-8-4-3-6-12(19)14-22-9-10-23-14/h1-2,5,7,12,14H,3-4,6,8-10H2. The molecule has 5 nitrogen and oxygen atoms in total. The number of nitrogens with zero attached hydrogens (tertiary/aromatic N) is 1. The molecular formula is C15H18F3NO4S. The Labute approximate surface area is 138 Å². The van der Waals surface area contributed by atoms with Crippen LogP contribution in [0.15, 0.2) is 29.2 Å². The van der Waals surface area contributed by atoms with Crippen molar-refractivity contribution < 1.29 is 31.1 Å². The van der Waals surface area contributed by atoms with E-state index in [4.69, 9.17) is 9.47 Å². The number of rotatable bonds is 3. The number of sulfonamides is 1. The minimum absolute atomic E-state index is 0.155. The van der Waals surface area contributed by atoms with Gasteiger partial charge in [-0.2, -0.15) is 17.5 Å². The number of piperidine rings is 1. The van der Waals surface area contributed by atoms with Gasteiger partial charge < -0.3 is 9.47 Å². The summed E-state index contributed by atoms with van der Waals surface area (Å²) >= 11 is 0. The summed E-state index contributed by atoms with van der Waals surface area (Å²) in [5.74, 6) is 0. The van der Waals surface area contributed by atoms with E-state index in [9.17, 15) is 21.6 Å². The van der Waals surface area contributed by atoms with Crippen LogP contribution < -0.4 is 0 Å². The molecule has 0 saturated carbocycles. The first-order chi connectivity index (χ1) is 11.3. The number of alkyl halides is 3. The second kappa shape index (κ2) is 6.62. The van der Waals surface area contributed by atoms with Gasteiger partial charge in [-0.15, -0.1) is 0 Å². The van der Waals surface area contributed by atoms with E-state index in [0.717, 1.165) is 22.9 Å². The molecule has 1 unspecified atom stereocenters. The Balaban J connectivity index is 2.00. The first-order valence-electron chi connectivity index (χ1n) is 7.73. The van der Waals surface area contributed by atoms with Crippen LogP contribution in [-0.4, -0.2) is 44.8 Å². The Morgan fingerprint density at radius 2 is 1.75 bits per heavy atom. The summed E-state index contributed by atoms with van der Waals surface area (Å²) in [6.07, 6.45) is -3.59. The third-order valence-electron chi connectivity index (χ3n) is 4.24. The molecule has 0 spiro atoms. The molecule has 0 N–H and O–H groups in total. The zero-order valence-electron chi connectivity index (χ0n) is 12.8. The zero-order valence-corrected chi connectivity index (χ0v) is 13.6. The maximum Gasteiger partial charge on any atom is 0.417 e. The summed E-state index contributed by atoms with van der Waals surface area (Å²) in [7, 11) is -4.31. The molecule has 24 heavy (non-hydrogen) atoms. The average molecular weight is 365 g/mol. The Hall–Kier alpha value is -1.16. The number of benzene rings is 1. The molecule has 134 valence electrons. The van der Waals surface area contributed by atoms with Crippen LogP contribution >= 0.6 is 0 Å². The summed E-state index contributed by atoms with van der Waals surface area (Å²) < 4.78 is 77.4. The van der Waals surface area contributed by atoms with Gasteiger partial charge in [0.15, 0.2) is 6.29 Å². The maximum absolute atomic E-state index is 13.2. The molecule has 0 aliphatic carbocycles. The van der Waals surface area contributed by atoms with Gasteiger partial charge in [0, 0.05) is 6.54 Å². The highest BCUT2D eigenvalue weighted by atomic mass is 32.2.